The maximum absolute atomic E-state index is 5.88. The molecule has 0 radical (unpaired) electrons. The summed E-state index contributed by atoms with van der Waals surface area (Å²) >= 11 is 0. The van der Waals surface area contributed by atoms with Crippen LogP contribution in [0.4, 0.5) is 5.69 Å². The summed E-state index contributed by atoms with van der Waals surface area (Å²) in [5, 5.41) is 0. The van der Waals surface area contributed by atoms with Crippen molar-refractivity contribution < 1.29 is 0 Å². The number of aromatic nitrogens is 2. The van der Waals surface area contributed by atoms with Crippen molar-refractivity contribution >= 4 is 11.3 Å². The van der Waals surface area contributed by atoms with Gasteiger partial charge in [-0.3, -0.25) is 9.30 Å². The summed E-state index contributed by atoms with van der Waals surface area (Å²) < 4.78 is 2.31. The van der Waals surface area contributed by atoms with Gasteiger partial charge in [-0.05, 0) is 57.5 Å². The Kier molecular flexibility index (Phi) is 4.22. The summed E-state index contributed by atoms with van der Waals surface area (Å²) in [5.74, 6) is 0. The lowest BCUT2D eigenvalue weighted by Crippen LogP contribution is -2.37. The van der Waals surface area contributed by atoms with Gasteiger partial charge in [0.1, 0.15) is 5.65 Å². The molecule has 0 amide bonds. The number of fused-ring (bicyclic) bond motifs is 1. The molecule has 2 aromatic heterocycles. The predicted octanol–water partition coefficient (Wildman–Crippen LogP) is 4.27. The summed E-state index contributed by atoms with van der Waals surface area (Å²) in [6, 6.07) is 15.0. The van der Waals surface area contributed by atoms with E-state index in [1.54, 1.807) is 0 Å². The number of piperidine rings is 1. The molecule has 2 N–H and O–H groups in total. The quantitative estimate of drug-likeness (QED) is 0.728. The topological polar surface area (TPSA) is 46.6 Å². The lowest BCUT2D eigenvalue weighted by Gasteiger charge is -2.33. The Morgan fingerprint density at radius 1 is 1.12 bits per heavy atom. The zero-order valence-electron chi connectivity index (χ0n) is 15.1. The number of nitrogen functional groups attached to an aromatic ring is 1. The van der Waals surface area contributed by atoms with Gasteiger partial charge in [-0.2, -0.15) is 0 Å². The molecule has 4 heteroatoms. The summed E-state index contributed by atoms with van der Waals surface area (Å²) in [7, 11) is 0. The van der Waals surface area contributed by atoms with Crippen molar-refractivity contribution in [3.8, 4) is 11.3 Å². The molecule has 25 heavy (non-hydrogen) atoms. The first-order valence-corrected chi connectivity index (χ1v) is 9.20. The highest BCUT2D eigenvalue weighted by Crippen LogP contribution is 2.29. The van der Waals surface area contributed by atoms with Crippen LogP contribution in [0.5, 0.6) is 0 Å². The normalized spacial score (nSPS) is 18.7. The van der Waals surface area contributed by atoms with Crippen molar-refractivity contribution in [2.45, 2.75) is 45.7 Å². The molecule has 1 aliphatic rings. The van der Waals surface area contributed by atoms with Crippen LogP contribution in [0.3, 0.4) is 0 Å². The fourth-order valence-electron chi connectivity index (χ4n) is 3.93. The van der Waals surface area contributed by atoms with Gasteiger partial charge < -0.3 is 5.73 Å². The van der Waals surface area contributed by atoms with E-state index in [1.165, 1.54) is 37.2 Å². The number of nitrogens with two attached hydrogens (primary N) is 1. The first-order chi connectivity index (χ1) is 12.1. The molecule has 1 fully saturated rings. The Morgan fingerprint density at radius 2 is 1.92 bits per heavy atom. The number of imidazole rings is 1. The van der Waals surface area contributed by atoms with E-state index < -0.39 is 0 Å². The number of hydrogen-bond donors (Lipinski definition) is 1. The highest BCUT2D eigenvalue weighted by Gasteiger charge is 2.23. The van der Waals surface area contributed by atoms with E-state index in [0.29, 0.717) is 6.04 Å². The van der Waals surface area contributed by atoms with Gasteiger partial charge in [-0.25, -0.2) is 4.98 Å². The highest BCUT2D eigenvalue weighted by molar-refractivity contribution is 5.68. The molecule has 4 nitrogen and oxygen atoms in total. The summed E-state index contributed by atoms with van der Waals surface area (Å²) in [6.07, 6.45) is 3.92. The predicted molar refractivity (Wildman–Crippen MR) is 104 cm³/mol. The van der Waals surface area contributed by atoms with Crippen LogP contribution in [0, 0.1) is 6.92 Å². The van der Waals surface area contributed by atoms with Crippen LogP contribution >= 0.6 is 0 Å². The second-order valence-electron chi connectivity index (χ2n) is 7.21. The van der Waals surface area contributed by atoms with E-state index in [2.05, 4.69) is 53.5 Å². The third kappa shape index (κ3) is 3.02. The van der Waals surface area contributed by atoms with Crippen molar-refractivity contribution in [2.24, 2.45) is 0 Å². The molecule has 0 spiro atoms. The number of rotatable bonds is 3. The maximum Gasteiger partial charge on any atom is 0.137 e. The molecule has 3 heterocycles. The second kappa shape index (κ2) is 6.52. The van der Waals surface area contributed by atoms with E-state index in [9.17, 15) is 0 Å². The largest absolute Gasteiger partial charge is 0.399 e. The Labute approximate surface area is 149 Å². The van der Waals surface area contributed by atoms with Crippen LogP contribution in [-0.4, -0.2) is 26.9 Å². The van der Waals surface area contributed by atoms with E-state index >= 15 is 0 Å². The number of hydrogen-bond acceptors (Lipinski definition) is 3. The minimum Gasteiger partial charge on any atom is -0.399 e. The number of anilines is 1. The fourth-order valence-corrected chi connectivity index (χ4v) is 3.93. The maximum atomic E-state index is 5.88. The van der Waals surface area contributed by atoms with Crippen molar-refractivity contribution in [1.29, 1.82) is 0 Å². The van der Waals surface area contributed by atoms with Crippen LogP contribution in [0.25, 0.3) is 16.9 Å². The Balaban J connectivity index is 1.84. The zero-order valence-corrected chi connectivity index (χ0v) is 15.1. The average Bonchev–Trinajstić information content (AvgIpc) is 2.97. The van der Waals surface area contributed by atoms with Gasteiger partial charge in [0.2, 0.25) is 0 Å². The summed E-state index contributed by atoms with van der Waals surface area (Å²) in [4.78, 5) is 7.56. The molecular weight excluding hydrogens is 308 g/mol. The molecule has 130 valence electrons. The van der Waals surface area contributed by atoms with Crippen molar-refractivity contribution in [2.75, 3.05) is 12.3 Å². The van der Waals surface area contributed by atoms with Crippen LogP contribution in [0.15, 0.2) is 42.5 Å². The van der Waals surface area contributed by atoms with E-state index in [4.69, 9.17) is 10.7 Å². The first-order valence-electron chi connectivity index (χ1n) is 9.20. The minimum absolute atomic E-state index is 0.627. The molecule has 1 aliphatic heterocycles. The van der Waals surface area contributed by atoms with E-state index in [0.717, 1.165) is 29.1 Å². The summed E-state index contributed by atoms with van der Waals surface area (Å²) in [5.41, 5.74) is 12.4. The van der Waals surface area contributed by atoms with Gasteiger partial charge in [-0.15, -0.1) is 0 Å². The Hall–Kier alpha value is -2.33. The zero-order chi connectivity index (χ0) is 17.4. The molecule has 0 bridgehead atoms. The van der Waals surface area contributed by atoms with Crippen LogP contribution in [0.2, 0.25) is 0 Å². The smallest absolute Gasteiger partial charge is 0.137 e. The van der Waals surface area contributed by atoms with Crippen LogP contribution in [0.1, 0.15) is 37.6 Å². The van der Waals surface area contributed by atoms with Gasteiger partial charge in [-0.1, -0.05) is 24.6 Å². The average molecular weight is 334 g/mol. The number of pyridine rings is 1. The van der Waals surface area contributed by atoms with Gasteiger partial charge in [0, 0.05) is 29.5 Å². The lowest BCUT2D eigenvalue weighted by molar-refractivity contribution is 0.150. The second-order valence-corrected chi connectivity index (χ2v) is 7.21. The molecule has 1 aromatic carbocycles. The van der Waals surface area contributed by atoms with E-state index in [1.807, 2.05) is 12.1 Å². The van der Waals surface area contributed by atoms with Gasteiger partial charge in [0.05, 0.1) is 11.4 Å². The van der Waals surface area contributed by atoms with Crippen molar-refractivity contribution in [3.05, 3.63) is 53.9 Å². The monoisotopic (exact) mass is 334 g/mol. The van der Waals surface area contributed by atoms with Gasteiger partial charge >= 0.3 is 0 Å². The van der Waals surface area contributed by atoms with Gasteiger partial charge in [0.15, 0.2) is 0 Å². The molecule has 0 saturated carbocycles. The number of nitrogens with zero attached hydrogens (tertiary/aromatic N) is 3. The van der Waals surface area contributed by atoms with Crippen LogP contribution < -0.4 is 5.73 Å². The lowest BCUT2D eigenvalue weighted by atomic mass is 10.0. The molecule has 1 saturated heterocycles. The molecule has 4 rings (SSSR count). The highest BCUT2D eigenvalue weighted by atomic mass is 15.2. The summed E-state index contributed by atoms with van der Waals surface area (Å²) in [6.45, 7) is 6.61. The number of likely N-dealkylation sites (tertiary alicyclic amines) is 1. The van der Waals surface area contributed by atoms with E-state index in [-0.39, 0.29) is 0 Å². The number of benzene rings is 1. The third-order valence-corrected chi connectivity index (χ3v) is 5.41. The number of aryl methyl sites for hydroxylation is 1. The fraction of sp³-hybridized carbons (Fsp3) is 0.381. The third-order valence-electron chi connectivity index (χ3n) is 5.41. The molecular formula is C21H26N4. The molecule has 0 aliphatic carbocycles. The molecule has 3 aromatic rings. The van der Waals surface area contributed by atoms with Crippen LogP contribution in [-0.2, 0) is 6.54 Å². The van der Waals surface area contributed by atoms with Crippen molar-refractivity contribution in [1.82, 2.24) is 14.3 Å². The van der Waals surface area contributed by atoms with Crippen molar-refractivity contribution in [3.63, 3.8) is 0 Å². The molecule has 1 atom stereocenters. The Morgan fingerprint density at radius 3 is 2.68 bits per heavy atom. The minimum atomic E-state index is 0.627. The van der Waals surface area contributed by atoms with Gasteiger partial charge in [0.25, 0.3) is 0 Å². The SMILES string of the molecule is Cc1cccc2nc(-c3ccc(N)cc3)c(CN3CCCCC3C)n12. The molecule has 1 unspecified atom stereocenters. The Bertz CT molecular complexity index is 879. The first kappa shape index (κ1) is 16.2. The standard InChI is InChI=1S/C21H26N4/c1-15-6-3-4-13-24(15)14-19-21(17-9-11-18(22)12-10-17)23-20-8-5-7-16(2)25(19)20/h5,7-12,15H,3-4,6,13-14,22H2,1-2H3.